The number of hydrogen-bond acceptors (Lipinski definition) is 5. The van der Waals surface area contributed by atoms with Gasteiger partial charge in [-0.1, -0.05) is 6.92 Å². The number of aromatic nitrogens is 1. The lowest BCUT2D eigenvalue weighted by molar-refractivity contribution is 0.387. The molecular formula is C14H23N3O2S2. The van der Waals surface area contributed by atoms with E-state index in [0.29, 0.717) is 18.8 Å². The molecule has 1 aromatic rings. The lowest BCUT2D eigenvalue weighted by Crippen LogP contribution is -2.46. The van der Waals surface area contributed by atoms with Crippen LogP contribution in [0.15, 0.2) is 23.4 Å². The predicted octanol–water partition coefficient (Wildman–Crippen LogP) is 2.42. The summed E-state index contributed by atoms with van der Waals surface area (Å²) in [5.41, 5.74) is 0.642. The van der Waals surface area contributed by atoms with Crippen molar-refractivity contribution in [1.29, 1.82) is 0 Å². The molecule has 1 N–H and O–H groups in total. The smallest absolute Gasteiger partial charge is 0.246 e. The van der Waals surface area contributed by atoms with E-state index in [0.717, 1.165) is 18.7 Å². The Labute approximate surface area is 131 Å². The van der Waals surface area contributed by atoms with Crippen LogP contribution >= 0.6 is 11.8 Å². The van der Waals surface area contributed by atoms with Crippen LogP contribution in [0.25, 0.3) is 0 Å². The Hall–Kier alpha value is -0.790. The van der Waals surface area contributed by atoms with E-state index in [2.05, 4.69) is 24.1 Å². The molecule has 0 radical (unpaired) electrons. The summed E-state index contributed by atoms with van der Waals surface area (Å²) in [5, 5.41) is 3.18. The average molecular weight is 329 g/mol. The molecule has 0 spiro atoms. The molecule has 0 bridgehead atoms. The third-order valence-electron chi connectivity index (χ3n) is 3.36. The third-order valence-corrected chi connectivity index (χ3v) is 6.53. The first kappa shape index (κ1) is 16.6. The zero-order valence-corrected chi connectivity index (χ0v) is 14.4. The summed E-state index contributed by atoms with van der Waals surface area (Å²) < 4.78 is 27.3. The monoisotopic (exact) mass is 329 g/mol. The number of nitrogens with zero attached hydrogens (tertiary/aromatic N) is 2. The summed E-state index contributed by atoms with van der Waals surface area (Å²) >= 11 is 1.82. The Morgan fingerprint density at radius 2 is 2.24 bits per heavy atom. The summed E-state index contributed by atoms with van der Waals surface area (Å²) in [6, 6.07) is 1.73. The molecule has 7 heteroatoms. The quantitative estimate of drug-likeness (QED) is 0.899. The molecule has 0 saturated carbocycles. The number of sulfonamides is 1. The van der Waals surface area contributed by atoms with Gasteiger partial charge in [0.25, 0.3) is 0 Å². The van der Waals surface area contributed by atoms with E-state index in [1.807, 2.05) is 18.7 Å². The Kier molecular flexibility index (Phi) is 5.16. The van der Waals surface area contributed by atoms with Crippen LogP contribution < -0.4 is 5.32 Å². The lowest BCUT2D eigenvalue weighted by Gasteiger charge is -2.36. The Morgan fingerprint density at radius 1 is 1.48 bits per heavy atom. The van der Waals surface area contributed by atoms with Gasteiger partial charge in [0.2, 0.25) is 10.0 Å². The van der Waals surface area contributed by atoms with Gasteiger partial charge in [0, 0.05) is 42.5 Å². The minimum absolute atomic E-state index is 0.0511. The van der Waals surface area contributed by atoms with Gasteiger partial charge in [-0.2, -0.15) is 16.1 Å². The molecule has 1 aliphatic heterocycles. The van der Waals surface area contributed by atoms with Crippen molar-refractivity contribution < 1.29 is 8.42 Å². The molecule has 2 rings (SSSR count). The first-order chi connectivity index (χ1) is 9.87. The summed E-state index contributed by atoms with van der Waals surface area (Å²) in [7, 11) is -3.50. The van der Waals surface area contributed by atoms with Crippen LogP contribution in [0.4, 0.5) is 5.69 Å². The zero-order chi connectivity index (χ0) is 15.5. The van der Waals surface area contributed by atoms with Gasteiger partial charge < -0.3 is 5.32 Å². The fourth-order valence-corrected chi connectivity index (χ4v) is 5.33. The fourth-order valence-electron chi connectivity index (χ4n) is 2.31. The molecular weight excluding hydrogens is 306 g/mol. The van der Waals surface area contributed by atoms with Crippen LogP contribution in [0.5, 0.6) is 0 Å². The number of rotatable bonds is 5. The number of anilines is 1. The van der Waals surface area contributed by atoms with Crippen molar-refractivity contribution in [3.8, 4) is 0 Å². The molecule has 1 aliphatic rings. The highest BCUT2D eigenvalue weighted by atomic mass is 32.2. The molecule has 21 heavy (non-hydrogen) atoms. The lowest BCUT2D eigenvalue weighted by atomic mass is 10.2. The molecule has 0 amide bonds. The molecule has 0 atom stereocenters. The normalized spacial score (nSPS) is 19.4. The van der Waals surface area contributed by atoms with Crippen LogP contribution in [0.1, 0.15) is 27.2 Å². The molecule has 0 aliphatic carbocycles. The SMILES string of the molecule is CCCNc1ccncc1S(=O)(=O)N1CCSC(C)(C)C1. The Bertz CT molecular complexity index is 588. The summed E-state index contributed by atoms with van der Waals surface area (Å²) in [6.45, 7) is 8.04. The van der Waals surface area contributed by atoms with Gasteiger partial charge in [-0.05, 0) is 26.3 Å². The van der Waals surface area contributed by atoms with Gasteiger partial charge in [-0.15, -0.1) is 0 Å². The van der Waals surface area contributed by atoms with Crippen molar-refractivity contribution in [2.45, 2.75) is 36.8 Å². The van der Waals surface area contributed by atoms with Gasteiger partial charge in [0.15, 0.2) is 0 Å². The zero-order valence-electron chi connectivity index (χ0n) is 12.8. The Morgan fingerprint density at radius 3 is 2.90 bits per heavy atom. The number of hydrogen-bond donors (Lipinski definition) is 1. The maximum Gasteiger partial charge on any atom is 0.246 e. The topological polar surface area (TPSA) is 62.3 Å². The van der Waals surface area contributed by atoms with Crippen molar-refractivity contribution in [3.63, 3.8) is 0 Å². The van der Waals surface area contributed by atoms with Gasteiger partial charge >= 0.3 is 0 Å². The van der Waals surface area contributed by atoms with E-state index >= 15 is 0 Å². The van der Waals surface area contributed by atoms with Crippen molar-refractivity contribution in [3.05, 3.63) is 18.5 Å². The van der Waals surface area contributed by atoms with Gasteiger partial charge in [-0.25, -0.2) is 8.42 Å². The van der Waals surface area contributed by atoms with Gasteiger partial charge in [-0.3, -0.25) is 4.98 Å². The first-order valence-corrected chi connectivity index (χ1v) is 9.61. The van der Waals surface area contributed by atoms with E-state index in [-0.39, 0.29) is 9.64 Å². The molecule has 2 heterocycles. The van der Waals surface area contributed by atoms with E-state index in [9.17, 15) is 8.42 Å². The highest BCUT2D eigenvalue weighted by Gasteiger charge is 2.35. The maximum atomic E-state index is 12.9. The van der Waals surface area contributed by atoms with Crippen LogP contribution in [0.2, 0.25) is 0 Å². The second kappa shape index (κ2) is 6.54. The standard InChI is InChI=1S/C14H23N3O2S2/c1-4-6-16-12-5-7-15-10-13(12)21(18,19)17-8-9-20-14(2,3)11-17/h5,7,10H,4,6,8-9,11H2,1-3H3,(H,15,16). The summed E-state index contributed by atoms with van der Waals surface area (Å²) in [5.74, 6) is 0.824. The minimum atomic E-state index is -3.50. The molecule has 1 saturated heterocycles. The highest BCUT2D eigenvalue weighted by molar-refractivity contribution is 8.00. The van der Waals surface area contributed by atoms with E-state index in [1.165, 1.54) is 6.20 Å². The summed E-state index contributed by atoms with van der Waals surface area (Å²) in [6.07, 6.45) is 4.00. The second-order valence-electron chi connectivity index (χ2n) is 5.75. The molecule has 1 fully saturated rings. The third kappa shape index (κ3) is 3.90. The summed E-state index contributed by atoms with van der Waals surface area (Å²) in [4.78, 5) is 4.28. The largest absolute Gasteiger partial charge is 0.384 e. The average Bonchev–Trinajstić information content (AvgIpc) is 2.44. The van der Waals surface area contributed by atoms with Crippen molar-refractivity contribution in [2.24, 2.45) is 0 Å². The van der Waals surface area contributed by atoms with Crippen LogP contribution in [0.3, 0.4) is 0 Å². The van der Waals surface area contributed by atoms with Crippen LogP contribution in [-0.2, 0) is 10.0 Å². The van der Waals surface area contributed by atoms with Crippen molar-refractivity contribution in [2.75, 3.05) is 30.7 Å². The van der Waals surface area contributed by atoms with E-state index in [4.69, 9.17) is 0 Å². The number of pyridine rings is 1. The van der Waals surface area contributed by atoms with Crippen molar-refractivity contribution in [1.82, 2.24) is 9.29 Å². The van der Waals surface area contributed by atoms with Crippen LogP contribution in [0, 0.1) is 0 Å². The van der Waals surface area contributed by atoms with Crippen LogP contribution in [-0.4, -0.2) is 47.8 Å². The molecule has 118 valence electrons. The predicted molar refractivity (Wildman–Crippen MR) is 88.3 cm³/mol. The molecule has 0 aromatic carbocycles. The maximum absolute atomic E-state index is 12.9. The van der Waals surface area contributed by atoms with Gasteiger partial charge in [0.1, 0.15) is 4.90 Å². The molecule has 1 aromatic heterocycles. The fraction of sp³-hybridized carbons (Fsp3) is 0.643. The second-order valence-corrected chi connectivity index (χ2v) is 9.45. The highest BCUT2D eigenvalue weighted by Crippen LogP contribution is 2.33. The molecule has 0 unspecified atom stereocenters. The Balaban J connectivity index is 2.31. The van der Waals surface area contributed by atoms with Gasteiger partial charge in [0.05, 0.1) is 5.69 Å². The molecule has 5 nitrogen and oxygen atoms in total. The first-order valence-electron chi connectivity index (χ1n) is 7.19. The number of nitrogens with one attached hydrogen (secondary N) is 1. The van der Waals surface area contributed by atoms with E-state index in [1.54, 1.807) is 16.6 Å². The van der Waals surface area contributed by atoms with Crippen molar-refractivity contribution >= 4 is 27.5 Å². The minimum Gasteiger partial charge on any atom is -0.384 e. The number of thioether (sulfide) groups is 1. The van der Waals surface area contributed by atoms with E-state index < -0.39 is 10.0 Å².